The van der Waals surface area contributed by atoms with Gasteiger partial charge >= 0.3 is 0 Å². The first kappa shape index (κ1) is 27.1. The van der Waals surface area contributed by atoms with E-state index in [0.717, 1.165) is 0 Å². The Labute approximate surface area is 156 Å². The smallest absolute Gasteiger partial charge is 0.0852 e. The highest BCUT2D eigenvalue weighted by Crippen LogP contribution is 2.31. The summed E-state index contributed by atoms with van der Waals surface area (Å²) in [6, 6.07) is 0. The number of hydrogen-bond acceptors (Lipinski definition) is 4. The van der Waals surface area contributed by atoms with Crippen LogP contribution in [0.3, 0.4) is 0 Å². The summed E-state index contributed by atoms with van der Waals surface area (Å²) < 4.78 is 0. The number of aliphatic hydroxyl groups excluding tert-OH is 4. The molecule has 0 aromatic carbocycles. The van der Waals surface area contributed by atoms with Gasteiger partial charge in [0.05, 0.1) is 24.4 Å². The summed E-state index contributed by atoms with van der Waals surface area (Å²) in [4.78, 5) is 0. The Balaban J connectivity index is 0. The molecule has 25 heavy (non-hydrogen) atoms. The fourth-order valence-electron chi connectivity index (χ4n) is 1.87. The van der Waals surface area contributed by atoms with Crippen LogP contribution in [0.2, 0.25) is 0 Å². The maximum absolute atomic E-state index is 9.76. The zero-order chi connectivity index (χ0) is 21.0. The molecule has 4 N–H and O–H groups in total. The van der Waals surface area contributed by atoms with E-state index in [1.807, 2.05) is 83.1 Å². The molecule has 0 spiro atoms. The van der Waals surface area contributed by atoms with Gasteiger partial charge in [0.1, 0.15) is 0 Å². The van der Waals surface area contributed by atoms with Crippen LogP contribution in [0.4, 0.5) is 0 Å². The highest BCUT2D eigenvalue weighted by molar-refractivity contribution is 4.86. The summed E-state index contributed by atoms with van der Waals surface area (Å²) in [5, 5.41) is 39.0. The van der Waals surface area contributed by atoms with E-state index in [9.17, 15) is 20.4 Å². The van der Waals surface area contributed by atoms with Gasteiger partial charge in [0.25, 0.3) is 0 Å². The van der Waals surface area contributed by atoms with Crippen LogP contribution in [0, 0.1) is 21.7 Å². The van der Waals surface area contributed by atoms with Gasteiger partial charge in [-0.2, -0.15) is 0 Å². The molecule has 0 aromatic rings. The van der Waals surface area contributed by atoms with Gasteiger partial charge < -0.3 is 20.4 Å². The third-order valence-electron chi connectivity index (χ3n) is 4.52. The first-order valence-corrected chi connectivity index (χ1v) is 9.34. The molecule has 4 heteroatoms. The lowest BCUT2D eigenvalue weighted by atomic mass is 9.76. The maximum atomic E-state index is 9.76. The minimum Gasteiger partial charge on any atom is -0.392 e. The van der Waals surface area contributed by atoms with Gasteiger partial charge in [-0.25, -0.2) is 0 Å². The van der Waals surface area contributed by atoms with Crippen molar-refractivity contribution >= 4 is 0 Å². The normalized spacial score (nSPS) is 18.7. The molecule has 0 aliphatic rings. The summed E-state index contributed by atoms with van der Waals surface area (Å²) in [7, 11) is 0. The molecule has 0 amide bonds. The topological polar surface area (TPSA) is 80.9 Å². The first-order chi connectivity index (χ1) is 10.6. The maximum Gasteiger partial charge on any atom is 0.0852 e. The van der Waals surface area contributed by atoms with E-state index >= 15 is 0 Å². The number of rotatable bonds is 3. The van der Waals surface area contributed by atoms with Crippen LogP contribution < -0.4 is 0 Å². The molecular formula is C21H46O4. The van der Waals surface area contributed by atoms with Crippen molar-refractivity contribution in [1.82, 2.24) is 0 Å². The van der Waals surface area contributed by atoms with Gasteiger partial charge in [-0.3, -0.25) is 0 Å². The predicted octanol–water partition coefficient (Wildman–Crippen LogP) is 3.99. The van der Waals surface area contributed by atoms with E-state index < -0.39 is 24.4 Å². The quantitative estimate of drug-likeness (QED) is 0.612. The highest BCUT2D eigenvalue weighted by Gasteiger charge is 2.36. The molecule has 4 atom stereocenters. The third-order valence-corrected chi connectivity index (χ3v) is 4.52. The summed E-state index contributed by atoms with van der Waals surface area (Å²) in [5.41, 5.74) is -0.808. The van der Waals surface area contributed by atoms with Crippen LogP contribution >= 0.6 is 0 Å². The molecule has 0 heterocycles. The molecule has 0 rings (SSSR count). The lowest BCUT2D eigenvalue weighted by molar-refractivity contribution is -0.0908. The average molecular weight is 363 g/mol. The molecule has 0 aromatic heterocycles. The zero-order valence-electron chi connectivity index (χ0n) is 18.8. The zero-order valence-corrected chi connectivity index (χ0v) is 18.8. The Kier molecular flexibility index (Phi) is 9.92. The van der Waals surface area contributed by atoms with Gasteiger partial charge in [0.2, 0.25) is 0 Å². The van der Waals surface area contributed by atoms with E-state index in [-0.39, 0.29) is 21.7 Å². The lowest BCUT2D eigenvalue weighted by Crippen LogP contribution is -2.44. The lowest BCUT2D eigenvalue weighted by Gasteiger charge is -2.37. The van der Waals surface area contributed by atoms with Crippen LogP contribution in [-0.4, -0.2) is 44.8 Å². The molecule has 4 unspecified atom stereocenters. The Morgan fingerprint density at radius 2 is 0.640 bits per heavy atom. The molecule has 0 radical (unpaired) electrons. The Morgan fingerprint density at radius 1 is 0.440 bits per heavy atom. The van der Waals surface area contributed by atoms with Gasteiger partial charge in [0, 0.05) is 6.42 Å². The van der Waals surface area contributed by atoms with Crippen molar-refractivity contribution in [3.63, 3.8) is 0 Å². The standard InChI is InChI=1S/C11H24O2.C10H22O2/c1-10(2,3)8(12)7-9(13)11(4,5)6;1-9(2,3)7(11)8(12)10(4,5)6/h8-9,12-13H,7H2,1-6H3;7-8,11-12H,1-6H3. The largest absolute Gasteiger partial charge is 0.392 e. The van der Waals surface area contributed by atoms with Crippen molar-refractivity contribution in [1.29, 1.82) is 0 Å². The van der Waals surface area contributed by atoms with E-state index in [2.05, 4.69) is 0 Å². The van der Waals surface area contributed by atoms with Crippen molar-refractivity contribution in [3.05, 3.63) is 0 Å². The van der Waals surface area contributed by atoms with Crippen LogP contribution in [-0.2, 0) is 0 Å². The second kappa shape index (κ2) is 9.16. The first-order valence-electron chi connectivity index (χ1n) is 9.34. The number of hydrogen-bond donors (Lipinski definition) is 4. The Bertz CT molecular complexity index is 327. The summed E-state index contributed by atoms with van der Waals surface area (Å²) >= 11 is 0. The van der Waals surface area contributed by atoms with Crippen molar-refractivity contribution < 1.29 is 20.4 Å². The molecule has 0 saturated heterocycles. The van der Waals surface area contributed by atoms with Crippen molar-refractivity contribution in [2.75, 3.05) is 0 Å². The van der Waals surface area contributed by atoms with Crippen LogP contribution in [0.5, 0.6) is 0 Å². The van der Waals surface area contributed by atoms with Gasteiger partial charge in [-0.1, -0.05) is 83.1 Å². The van der Waals surface area contributed by atoms with Gasteiger partial charge in [-0.05, 0) is 21.7 Å². The van der Waals surface area contributed by atoms with E-state index in [1.54, 1.807) is 0 Å². The fraction of sp³-hybridized carbons (Fsp3) is 1.00. The Morgan fingerprint density at radius 3 is 0.760 bits per heavy atom. The minimum absolute atomic E-state index is 0.147. The summed E-state index contributed by atoms with van der Waals surface area (Å²) in [6.45, 7) is 23.4. The average Bonchev–Trinajstić information content (AvgIpc) is 2.33. The second-order valence-corrected chi connectivity index (χ2v) is 11.6. The van der Waals surface area contributed by atoms with Crippen LogP contribution in [0.1, 0.15) is 89.5 Å². The fourth-order valence-corrected chi connectivity index (χ4v) is 1.87. The molecule has 0 aliphatic carbocycles. The third kappa shape index (κ3) is 11.2. The molecule has 0 aliphatic heterocycles. The predicted molar refractivity (Wildman–Crippen MR) is 106 cm³/mol. The second-order valence-electron chi connectivity index (χ2n) is 11.6. The van der Waals surface area contributed by atoms with Crippen molar-refractivity contribution in [3.8, 4) is 0 Å². The minimum atomic E-state index is -0.669. The monoisotopic (exact) mass is 362 g/mol. The van der Waals surface area contributed by atoms with E-state index in [4.69, 9.17) is 0 Å². The summed E-state index contributed by atoms with van der Waals surface area (Å²) in [5.74, 6) is 0. The SMILES string of the molecule is CC(C)(C)C(O)C(O)C(C)(C)C.CC(C)(C)C(O)CC(O)C(C)(C)C. The molecule has 154 valence electrons. The van der Waals surface area contributed by atoms with Crippen molar-refractivity contribution in [2.24, 2.45) is 21.7 Å². The molecular weight excluding hydrogens is 316 g/mol. The summed E-state index contributed by atoms with van der Waals surface area (Å²) in [6.07, 6.45) is -1.77. The van der Waals surface area contributed by atoms with E-state index in [1.165, 1.54) is 0 Å². The highest BCUT2D eigenvalue weighted by atomic mass is 16.3. The molecule has 0 bridgehead atoms. The van der Waals surface area contributed by atoms with Crippen LogP contribution in [0.15, 0.2) is 0 Å². The number of aliphatic hydroxyl groups is 4. The van der Waals surface area contributed by atoms with Crippen LogP contribution in [0.25, 0.3) is 0 Å². The van der Waals surface area contributed by atoms with Crippen molar-refractivity contribution in [2.45, 2.75) is 114 Å². The van der Waals surface area contributed by atoms with E-state index in [0.29, 0.717) is 6.42 Å². The molecule has 0 saturated carbocycles. The van der Waals surface area contributed by atoms with Gasteiger partial charge in [0.15, 0.2) is 0 Å². The molecule has 0 fully saturated rings. The van der Waals surface area contributed by atoms with Gasteiger partial charge in [-0.15, -0.1) is 0 Å². The molecule has 4 nitrogen and oxygen atoms in total. The Hall–Kier alpha value is -0.160.